The molecule has 1 N–H and O–H groups in total. The maximum Gasteiger partial charge on any atom is 0.273 e. The summed E-state index contributed by atoms with van der Waals surface area (Å²) < 4.78 is 0. The summed E-state index contributed by atoms with van der Waals surface area (Å²) in [5.41, 5.74) is 1.37. The van der Waals surface area contributed by atoms with Gasteiger partial charge < -0.3 is 15.1 Å². The Kier molecular flexibility index (Phi) is 5.37. The van der Waals surface area contributed by atoms with E-state index in [-0.39, 0.29) is 11.8 Å². The number of amides is 2. The molecule has 1 aromatic carbocycles. The predicted molar refractivity (Wildman–Crippen MR) is 110 cm³/mol. The Labute approximate surface area is 172 Å². The predicted octanol–water partition coefficient (Wildman–Crippen LogP) is 3.72. The number of anilines is 1. The van der Waals surface area contributed by atoms with Crippen LogP contribution in [0, 0.1) is 0 Å². The molecule has 8 heteroatoms. The lowest BCUT2D eigenvalue weighted by atomic mass is 9.87. The number of oxime groups is 1. The van der Waals surface area contributed by atoms with E-state index in [0.29, 0.717) is 42.4 Å². The van der Waals surface area contributed by atoms with Gasteiger partial charge >= 0.3 is 0 Å². The molecule has 0 radical (unpaired) electrons. The molecule has 1 fully saturated rings. The van der Waals surface area contributed by atoms with Crippen LogP contribution in [0.3, 0.4) is 0 Å². The largest absolute Gasteiger partial charge is 0.386 e. The van der Waals surface area contributed by atoms with Crippen LogP contribution in [0.5, 0.6) is 0 Å². The minimum atomic E-state index is -0.608. The van der Waals surface area contributed by atoms with Crippen molar-refractivity contribution in [2.45, 2.75) is 31.3 Å². The van der Waals surface area contributed by atoms with Gasteiger partial charge in [-0.05, 0) is 53.4 Å². The summed E-state index contributed by atoms with van der Waals surface area (Å²) >= 11 is 7.54. The number of halogens is 1. The molecular weight excluding hydrogens is 398 g/mol. The third-order valence-corrected chi connectivity index (χ3v) is 5.98. The van der Waals surface area contributed by atoms with Gasteiger partial charge in [0.25, 0.3) is 5.91 Å². The van der Waals surface area contributed by atoms with Crippen LogP contribution in [0.25, 0.3) is 0 Å². The summed E-state index contributed by atoms with van der Waals surface area (Å²) in [6, 6.07) is 8.92. The minimum absolute atomic E-state index is 0.0814. The van der Waals surface area contributed by atoms with Gasteiger partial charge in [0.05, 0.1) is 13.0 Å². The molecule has 28 heavy (non-hydrogen) atoms. The van der Waals surface area contributed by atoms with Crippen molar-refractivity contribution >= 4 is 46.2 Å². The monoisotopic (exact) mass is 417 g/mol. The highest BCUT2D eigenvalue weighted by molar-refractivity contribution is 7.08. The molecule has 0 bridgehead atoms. The van der Waals surface area contributed by atoms with Crippen LogP contribution in [0.4, 0.5) is 5.69 Å². The number of likely N-dealkylation sites (tertiary alicyclic amines) is 1. The van der Waals surface area contributed by atoms with Gasteiger partial charge in [0.15, 0.2) is 5.60 Å². The third kappa shape index (κ3) is 4.20. The topological polar surface area (TPSA) is 71.0 Å². The quantitative estimate of drug-likeness (QED) is 0.824. The smallest absolute Gasteiger partial charge is 0.273 e. The minimum Gasteiger partial charge on any atom is -0.386 e. The number of hydrogen-bond donors (Lipinski definition) is 1. The second-order valence-electron chi connectivity index (χ2n) is 7.18. The molecule has 2 aromatic rings. The van der Waals surface area contributed by atoms with Crippen molar-refractivity contribution < 1.29 is 14.4 Å². The van der Waals surface area contributed by atoms with Crippen LogP contribution in [-0.2, 0) is 20.8 Å². The highest BCUT2D eigenvalue weighted by Crippen LogP contribution is 2.34. The molecule has 1 unspecified atom stereocenters. The van der Waals surface area contributed by atoms with Crippen molar-refractivity contribution in [1.29, 1.82) is 0 Å². The van der Waals surface area contributed by atoms with Crippen LogP contribution in [0.1, 0.15) is 24.8 Å². The summed E-state index contributed by atoms with van der Waals surface area (Å²) in [6.07, 6.45) is 2.38. The van der Waals surface area contributed by atoms with Gasteiger partial charge in [-0.15, -0.1) is 0 Å². The van der Waals surface area contributed by atoms with E-state index in [0.717, 1.165) is 18.4 Å². The second-order valence-corrected chi connectivity index (χ2v) is 8.40. The number of benzene rings is 1. The average Bonchev–Trinajstić information content (AvgIpc) is 3.32. The van der Waals surface area contributed by atoms with Crippen molar-refractivity contribution in [1.82, 2.24) is 4.90 Å². The first-order chi connectivity index (χ1) is 13.5. The fraction of sp³-hybridized carbons (Fsp3) is 0.350. The molecule has 146 valence electrons. The van der Waals surface area contributed by atoms with E-state index in [9.17, 15) is 9.59 Å². The van der Waals surface area contributed by atoms with Gasteiger partial charge in [0.2, 0.25) is 5.91 Å². The third-order valence-electron chi connectivity index (χ3n) is 5.01. The fourth-order valence-corrected chi connectivity index (χ4v) is 4.48. The van der Waals surface area contributed by atoms with Crippen LogP contribution in [0.15, 0.2) is 46.2 Å². The van der Waals surface area contributed by atoms with Gasteiger partial charge in [0, 0.05) is 23.7 Å². The zero-order valence-electron chi connectivity index (χ0n) is 15.2. The lowest BCUT2D eigenvalue weighted by molar-refractivity contribution is -0.139. The Hall–Kier alpha value is -2.38. The zero-order chi connectivity index (χ0) is 19.6. The van der Waals surface area contributed by atoms with Crippen LogP contribution >= 0.6 is 22.9 Å². The van der Waals surface area contributed by atoms with Crippen LogP contribution < -0.4 is 5.32 Å². The lowest BCUT2D eigenvalue weighted by Crippen LogP contribution is -2.51. The Morgan fingerprint density at radius 2 is 2.25 bits per heavy atom. The Balaban J connectivity index is 1.37. The number of rotatable bonds is 4. The van der Waals surface area contributed by atoms with E-state index in [4.69, 9.17) is 16.4 Å². The first kappa shape index (κ1) is 19.0. The molecule has 1 atom stereocenters. The van der Waals surface area contributed by atoms with E-state index in [1.807, 2.05) is 21.7 Å². The first-order valence-electron chi connectivity index (χ1n) is 9.14. The van der Waals surface area contributed by atoms with E-state index >= 15 is 0 Å². The number of carbonyl (C=O) groups is 2. The molecule has 1 saturated heterocycles. The average molecular weight is 418 g/mol. The Morgan fingerprint density at radius 1 is 1.36 bits per heavy atom. The maximum atomic E-state index is 12.6. The molecule has 2 amide bonds. The SMILES string of the molecule is O=C(Nc1cccc(Cl)c1)C1=NOC2(CCCN(C(=O)Cc3ccsc3)C2)C1. The molecule has 2 aliphatic rings. The summed E-state index contributed by atoms with van der Waals surface area (Å²) in [5.74, 6) is -0.223. The molecule has 2 aliphatic heterocycles. The molecule has 1 aromatic heterocycles. The Bertz CT molecular complexity index is 915. The molecule has 4 rings (SSSR count). The molecule has 0 aliphatic carbocycles. The van der Waals surface area contributed by atoms with Crippen molar-refractivity contribution in [2.24, 2.45) is 5.16 Å². The summed E-state index contributed by atoms with van der Waals surface area (Å²) in [4.78, 5) is 32.7. The number of nitrogens with one attached hydrogen (secondary N) is 1. The van der Waals surface area contributed by atoms with Gasteiger partial charge in [-0.3, -0.25) is 9.59 Å². The van der Waals surface area contributed by atoms with Crippen molar-refractivity contribution in [3.8, 4) is 0 Å². The highest BCUT2D eigenvalue weighted by Gasteiger charge is 2.45. The van der Waals surface area contributed by atoms with Gasteiger partial charge in [0.1, 0.15) is 5.71 Å². The van der Waals surface area contributed by atoms with Crippen LogP contribution in [0.2, 0.25) is 5.02 Å². The number of carbonyl (C=O) groups excluding carboxylic acids is 2. The molecule has 6 nitrogen and oxygen atoms in total. The second kappa shape index (κ2) is 7.93. The molecule has 1 spiro atoms. The standard InChI is InChI=1S/C20H20ClN3O3S/c21-15-3-1-4-16(10-15)22-19(26)17-11-20(27-23-17)6-2-7-24(13-20)18(25)9-14-5-8-28-12-14/h1,3-5,8,10,12H,2,6-7,9,11,13H2,(H,22,26). The summed E-state index contributed by atoms with van der Waals surface area (Å²) in [6.45, 7) is 1.16. The number of piperidine rings is 1. The molecular formula is C20H20ClN3O3S. The lowest BCUT2D eigenvalue weighted by Gasteiger charge is -2.38. The van der Waals surface area contributed by atoms with Crippen LogP contribution in [-0.4, -0.2) is 41.1 Å². The van der Waals surface area contributed by atoms with Gasteiger partial charge in [-0.1, -0.05) is 22.8 Å². The normalized spacial score (nSPS) is 21.3. The Morgan fingerprint density at radius 3 is 3.04 bits per heavy atom. The molecule has 0 saturated carbocycles. The maximum absolute atomic E-state index is 12.6. The van der Waals surface area contributed by atoms with Gasteiger partial charge in [-0.25, -0.2) is 0 Å². The fourth-order valence-electron chi connectivity index (χ4n) is 3.62. The van der Waals surface area contributed by atoms with E-state index in [1.165, 1.54) is 0 Å². The molecule has 3 heterocycles. The first-order valence-corrected chi connectivity index (χ1v) is 10.5. The van der Waals surface area contributed by atoms with E-state index < -0.39 is 5.60 Å². The van der Waals surface area contributed by atoms with E-state index in [1.54, 1.807) is 35.6 Å². The highest BCUT2D eigenvalue weighted by atomic mass is 35.5. The summed E-state index contributed by atoms with van der Waals surface area (Å²) in [7, 11) is 0. The van der Waals surface area contributed by atoms with Crippen molar-refractivity contribution in [3.63, 3.8) is 0 Å². The summed E-state index contributed by atoms with van der Waals surface area (Å²) in [5, 5.41) is 11.3. The number of nitrogens with zero attached hydrogens (tertiary/aromatic N) is 2. The number of thiophene rings is 1. The van der Waals surface area contributed by atoms with Crippen molar-refractivity contribution in [2.75, 3.05) is 18.4 Å². The zero-order valence-corrected chi connectivity index (χ0v) is 16.8. The van der Waals surface area contributed by atoms with Gasteiger partial charge in [-0.2, -0.15) is 11.3 Å². The number of hydrogen-bond acceptors (Lipinski definition) is 5. The van der Waals surface area contributed by atoms with E-state index in [2.05, 4.69) is 10.5 Å². The van der Waals surface area contributed by atoms with Crippen molar-refractivity contribution in [3.05, 3.63) is 51.7 Å².